The van der Waals surface area contributed by atoms with Crippen LogP contribution < -0.4 is 5.73 Å². The van der Waals surface area contributed by atoms with E-state index in [1.54, 1.807) is 24.3 Å². The number of hydrogen-bond acceptors (Lipinski definition) is 3. The molecule has 4 nitrogen and oxygen atoms in total. The largest absolute Gasteiger partial charge is 0.480 e. The number of nitrogens with two attached hydrogens (primary N) is 1. The molecule has 1 aromatic carbocycles. The lowest BCUT2D eigenvalue weighted by atomic mass is 10.0. The standard InChI is InChI=1S/C10H13NO3/c11-8(10(13)14)6-9(12)7-4-2-1-3-5-7/h1-5,8-9,12H,6,11H2,(H,13,14)/t8-,9-/m0/s1. The fourth-order valence-electron chi connectivity index (χ4n) is 1.15. The molecule has 14 heavy (non-hydrogen) atoms. The van der Waals surface area contributed by atoms with Crippen molar-refractivity contribution in [3.63, 3.8) is 0 Å². The van der Waals surface area contributed by atoms with Gasteiger partial charge in [-0.1, -0.05) is 30.3 Å². The lowest BCUT2D eigenvalue weighted by Crippen LogP contribution is -2.31. The molecule has 0 saturated carbocycles. The van der Waals surface area contributed by atoms with Crippen LogP contribution in [0, 0.1) is 0 Å². The average molecular weight is 195 g/mol. The van der Waals surface area contributed by atoms with Crippen LogP contribution >= 0.6 is 0 Å². The topological polar surface area (TPSA) is 83.5 Å². The number of carbonyl (C=O) groups is 1. The Balaban J connectivity index is 2.59. The number of rotatable bonds is 4. The van der Waals surface area contributed by atoms with Gasteiger partial charge in [0.1, 0.15) is 6.04 Å². The van der Waals surface area contributed by atoms with Crippen molar-refractivity contribution in [2.45, 2.75) is 18.6 Å². The molecule has 0 aliphatic rings. The maximum Gasteiger partial charge on any atom is 0.320 e. The fourth-order valence-corrected chi connectivity index (χ4v) is 1.15. The highest BCUT2D eigenvalue weighted by molar-refractivity contribution is 5.73. The second-order valence-electron chi connectivity index (χ2n) is 3.11. The lowest BCUT2D eigenvalue weighted by Gasteiger charge is -2.13. The van der Waals surface area contributed by atoms with Crippen molar-refractivity contribution in [2.24, 2.45) is 5.73 Å². The van der Waals surface area contributed by atoms with Crippen molar-refractivity contribution in [3.05, 3.63) is 35.9 Å². The van der Waals surface area contributed by atoms with E-state index in [9.17, 15) is 9.90 Å². The third kappa shape index (κ3) is 2.83. The first-order valence-electron chi connectivity index (χ1n) is 4.32. The first kappa shape index (κ1) is 10.7. The maximum atomic E-state index is 10.4. The zero-order valence-electron chi connectivity index (χ0n) is 7.63. The fraction of sp³-hybridized carbons (Fsp3) is 0.300. The molecule has 1 aromatic rings. The first-order chi connectivity index (χ1) is 6.61. The Kier molecular flexibility index (Phi) is 3.62. The Morgan fingerprint density at radius 2 is 1.93 bits per heavy atom. The predicted molar refractivity (Wildman–Crippen MR) is 51.6 cm³/mol. The SMILES string of the molecule is N[C@@H](C[C@H](O)c1ccccc1)C(=O)O. The minimum absolute atomic E-state index is 0.0271. The molecule has 4 heteroatoms. The van der Waals surface area contributed by atoms with Gasteiger partial charge in [-0.25, -0.2) is 0 Å². The van der Waals surface area contributed by atoms with Crippen LogP contribution in [0.15, 0.2) is 30.3 Å². The van der Waals surface area contributed by atoms with Crippen LogP contribution in [-0.2, 0) is 4.79 Å². The van der Waals surface area contributed by atoms with Gasteiger partial charge >= 0.3 is 5.97 Å². The van der Waals surface area contributed by atoms with Crippen LogP contribution in [0.2, 0.25) is 0 Å². The van der Waals surface area contributed by atoms with Crippen molar-refractivity contribution in [2.75, 3.05) is 0 Å². The molecule has 0 unspecified atom stereocenters. The van der Waals surface area contributed by atoms with E-state index in [1.165, 1.54) is 0 Å². The normalized spacial score (nSPS) is 14.7. The third-order valence-electron chi connectivity index (χ3n) is 1.98. The molecule has 0 amide bonds. The molecular formula is C10H13NO3. The van der Waals surface area contributed by atoms with Gasteiger partial charge in [-0.05, 0) is 5.56 Å². The van der Waals surface area contributed by atoms with Crippen molar-refractivity contribution in [1.82, 2.24) is 0 Å². The van der Waals surface area contributed by atoms with Gasteiger partial charge in [0.15, 0.2) is 0 Å². The van der Waals surface area contributed by atoms with Crippen molar-refractivity contribution in [1.29, 1.82) is 0 Å². The lowest BCUT2D eigenvalue weighted by molar-refractivity contribution is -0.139. The molecule has 0 saturated heterocycles. The van der Waals surface area contributed by atoms with Gasteiger partial charge in [0, 0.05) is 6.42 Å². The van der Waals surface area contributed by atoms with Gasteiger partial charge in [-0.3, -0.25) is 4.79 Å². The monoisotopic (exact) mass is 195 g/mol. The number of aliphatic carboxylic acids is 1. The highest BCUT2D eigenvalue weighted by Crippen LogP contribution is 2.16. The van der Waals surface area contributed by atoms with Gasteiger partial charge in [0.25, 0.3) is 0 Å². The molecule has 4 N–H and O–H groups in total. The second-order valence-corrected chi connectivity index (χ2v) is 3.11. The molecule has 76 valence electrons. The number of carboxylic acids is 1. The minimum atomic E-state index is -1.10. The van der Waals surface area contributed by atoms with E-state index in [1.807, 2.05) is 6.07 Å². The molecule has 0 radical (unpaired) electrons. The van der Waals surface area contributed by atoms with Gasteiger partial charge < -0.3 is 15.9 Å². The third-order valence-corrected chi connectivity index (χ3v) is 1.98. The minimum Gasteiger partial charge on any atom is -0.480 e. The Bertz CT molecular complexity index is 299. The van der Waals surface area contributed by atoms with Crippen molar-refractivity contribution >= 4 is 5.97 Å². The Labute approximate surface area is 82.0 Å². The molecule has 0 fully saturated rings. The smallest absolute Gasteiger partial charge is 0.320 e. The summed E-state index contributed by atoms with van der Waals surface area (Å²) in [6, 6.07) is 7.84. The van der Waals surface area contributed by atoms with E-state index in [0.29, 0.717) is 5.56 Å². The Morgan fingerprint density at radius 3 is 2.43 bits per heavy atom. The van der Waals surface area contributed by atoms with Gasteiger partial charge in [-0.2, -0.15) is 0 Å². The Hall–Kier alpha value is -1.39. The van der Waals surface area contributed by atoms with Crippen LogP contribution in [0.1, 0.15) is 18.1 Å². The van der Waals surface area contributed by atoms with Crippen LogP contribution in [0.4, 0.5) is 0 Å². The van der Waals surface area contributed by atoms with Crippen LogP contribution in [0.25, 0.3) is 0 Å². The maximum absolute atomic E-state index is 10.4. The first-order valence-corrected chi connectivity index (χ1v) is 4.32. The summed E-state index contributed by atoms with van der Waals surface area (Å²) >= 11 is 0. The summed E-state index contributed by atoms with van der Waals surface area (Å²) in [7, 11) is 0. The average Bonchev–Trinajstić information content (AvgIpc) is 2.19. The summed E-state index contributed by atoms with van der Waals surface area (Å²) in [5.74, 6) is -1.10. The molecule has 0 spiro atoms. The quantitative estimate of drug-likeness (QED) is 0.654. The van der Waals surface area contributed by atoms with E-state index < -0.39 is 18.1 Å². The molecule has 2 atom stereocenters. The second kappa shape index (κ2) is 4.74. The number of benzene rings is 1. The molecule has 0 heterocycles. The summed E-state index contributed by atoms with van der Waals surface area (Å²) in [6.07, 6.45) is -0.790. The predicted octanol–water partition coefficient (Wildman–Crippen LogP) is 0.522. The van der Waals surface area contributed by atoms with Crippen molar-refractivity contribution in [3.8, 4) is 0 Å². The number of aliphatic hydroxyl groups excluding tert-OH is 1. The van der Waals surface area contributed by atoms with E-state index in [4.69, 9.17) is 10.8 Å². The molecule has 0 aliphatic heterocycles. The van der Waals surface area contributed by atoms with Gasteiger partial charge in [0.05, 0.1) is 6.10 Å². The molecule has 0 aromatic heterocycles. The van der Waals surface area contributed by atoms with Gasteiger partial charge in [0.2, 0.25) is 0 Å². The van der Waals surface area contributed by atoms with Crippen LogP contribution in [0.5, 0.6) is 0 Å². The molecule has 0 bridgehead atoms. The molecular weight excluding hydrogens is 182 g/mol. The van der Waals surface area contributed by atoms with Gasteiger partial charge in [-0.15, -0.1) is 0 Å². The highest BCUT2D eigenvalue weighted by atomic mass is 16.4. The van der Waals surface area contributed by atoms with E-state index in [0.717, 1.165) is 0 Å². The van der Waals surface area contributed by atoms with Crippen LogP contribution in [-0.4, -0.2) is 22.2 Å². The summed E-state index contributed by atoms with van der Waals surface area (Å²) in [6.45, 7) is 0. The van der Waals surface area contributed by atoms with Crippen LogP contribution in [0.3, 0.4) is 0 Å². The van der Waals surface area contributed by atoms with E-state index >= 15 is 0 Å². The summed E-state index contributed by atoms with van der Waals surface area (Å²) in [4.78, 5) is 10.4. The van der Waals surface area contributed by atoms with E-state index in [-0.39, 0.29) is 6.42 Å². The number of aliphatic hydroxyl groups is 1. The number of hydrogen-bond donors (Lipinski definition) is 3. The summed E-state index contributed by atoms with van der Waals surface area (Å²) in [5, 5.41) is 18.1. The summed E-state index contributed by atoms with van der Waals surface area (Å²) < 4.78 is 0. The number of carboxylic acid groups (broad SMARTS) is 1. The zero-order chi connectivity index (χ0) is 10.6. The summed E-state index contributed by atoms with van der Waals surface area (Å²) in [5.41, 5.74) is 5.98. The molecule has 1 rings (SSSR count). The highest BCUT2D eigenvalue weighted by Gasteiger charge is 2.17. The van der Waals surface area contributed by atoms with E-state index in [2.05, 4.69) is 0 Å². The Morgan fingerprint density at radius 1 is 1.36 bits per heavy atom. The zero-order valence-corrected chi connectivity index (χ0v) is 7.63. The molecule has 0 aliphatic carbocycles. The van der Waals surface area contributed by atoms with Crippen molar-refractivity contribution < 1.29 is 15.0 Å².